The molecule has 2 heterocycles. The van der Waals surface area contributed by atoms with Crippen molar-refractivity contribution in [3.63, 3.8) is 0 Å². The minimum atomic E-state index is -0.249. The first-order valence-corrected chi connectivity index (χ1v) is 13.7. The highest BCUT2D eigenvalue weighted by atomic mass is 35.5. The van der Waals surface area contributed by atoms with Crippen LogP contribution in [0.25, 0.3) is 5.69 Å². The van der Waals surface area contributed by atoms with E-state index in [0.717, 1.165) is 55.4 Å². The fourth-order valence-electron chi connectivity index (χ4n) is 4.99. The Labute approximate surface area is 239 Å². The summed E-state index contributed by atoms with van der Waals surface area (Å²) < 4.78 is 2.03. The Morgan fingerprint density at radius 1 is 0.923 bits per heavy atom. The van der Waals surface area contributed by atoms with Crippen LogP contribution in [-0.2, 0) is 6.54 Å². The molecule has 3 aromatic carbocycles. The molecule has 4 aromatic rings. The molecule has 200 valence electrons. The minimum absolute atomic E-state index is 0.249. The standard InChI is InChI=1S/C31H31Cl2N5O/c1-22-18-26(23(2)38(22)30-19-27(32)12-13-29(30)33)20-34-35-31(39)25-10-8-24(9-11-25)21-36-14-16-37(17-15-36)28-6-4-3-5-7-28/h3-13,18-20H,14-17,21H2,1-2H3,(H,35,39)/b34-20-. The van der Waals surface area contributed by atoms with Crippen LogP contribution < -0.4 is 10.3 Å². The van der Waals surface area contributed by atoms with Crippen molar-refractivity contribution in [2.75, 3.05) is 31.1 Å². The normalized spacial score (nSPS) is 14.2. The van der Waals surface area contributed by atoms with Crippen LogP contribution in [0.4, 0.5) is 5.69 Å². The van der Waals surface area contributed by atoms with Crippen molar-refractivity contribution in [3.05, 3.63) is 117 Å². The third-order valence-corrected chi connectivity index (χ3v) is 7.66. The largest absolute Gasteiger partial charge is 0.369 e. The molecule has 1 amide bonds. The van der Waals surface area contributed by atoms with Gasteiger partial charge in [-0.15, -0.1) is 0 Å². The Morgan fingerprint density at radius 3 is 2.36 bits per heavy atom. The highest BCUT2D eigenvalue weighted by Crippen LogP contribution is 2.28. The van der Waals surface area contributed by atoms with Crippen molar-refractivity contribution in [3.8, 4) is 5.69 Å². The van der Waals surface area contributed by atoms with Gasteiger partial charge in [0.1, 0.15) is 0 Å². The fourth-order valence-corrected chi connectivity index (χ4v) is 5.36. The van der Waals surface area contributed by atoms with E-state index in [1.165, 1.54) is 11.3 Å². The van der Waals surface area contributed by atoms with Gasteiger partial charge >= 0.3 is 0 Å². The van der Waals surface area contributed by atoms with Gasteiger partial charge in [0.05, 0.1) is 16.9 Å². The number of aromatic nitrogens is 1. The van der Waals surface area contributed by atoms with E-state index >= 15 is 0 Å². The molecular weight excluding hydrogens is 529 g/mol. The topological polar surface area (TPSA) is 52.9 Å². The van der Waals surface area contributed by atoms with E-state index in [1.807, 2.05) is 54.8 Å². The molecule has 8 heteroatoms. The van der Waals surface area contributed by atoms with Gasteiger partial charge in [-0.3, -0.25) is 9.69 Å². The second kappa shape index (κ2) is 12.1. The Hall–Kier alpha value is -3.58. The van der Waals surface area contributed by atoms with Crippen molar-refractivity contribution in [1.82, 2.24) is 14.9 Å². The average Bonchev–Trinajstić information content (AvgIpc) is 3.23. The van der Waals surface area contributed by atoms with Crippen LogP contribution in [0, 0.1) is 13.8 Å². The number of para-hydroxylation sites is 1. The minimum Gasteiger partial charge on any atom is -0.369 e. The monoisotopic (exact) mass is 559 g/mol. The van der Waals surface area contributed by atoms with Crippen LogP contribution in [0.3, 0.4) is 0 Å². The summed E-state index contributed by atoms with van der Waals surface area (Å²) in [7, 11) is 0. The number of anilines is 1. The van der Waals surface area contributed by atoms with Gasteiger partial charge in [-0.1, -0.05) is 53.5 Å². The third kappa shape index (κ3) is 6.36. The van der Waals surface area contributed by atoms with E-state index in [-0.39, 0.29) is 5.91 Å². The second-order valence-corrected chi connectivity index (χ2v) is 10.6. The predicted molar refractivity (Wildman–Crippen MR) is 161 cm³/mol. The summed E-state index contributed by atoms with van der Waals surface area (Å²) >= 11 is 12.6. The molecule has 1 aromatic heterocycles. The van der Waals surface area contributed by atoms with Crippen LogP contribution in [0.5, 0.6) is 0 Å². The van der Waals surface area contributed by atoms with Gasteiger partial charge in [0.15, 0.2) is 0 Å². The molecule has 5 rings (SSSR count). The molecule has 0 atom stereocenters. The maximum atomic E-state index is 12.7. The van der Waals surface area contributed by atoms with E-state index in [9.17, 15) is 4.79 Å². The van der Waals surface area contributed by atoms with E-state index in [1.54, 1.807) is 18.3 Å². The molecule has 39 heavy (non-hydrogen) atoms. The molecule has 1 aliphatic rings. The zero-order valence-electron chi connectivity index (χ0n) is 22.1. The number of hydrogen-bond donors (Lipinski definition) is 1. The van der Waals surface area contributed by atoms with Gasteiger partial charge in [0.25, 0.3) is 5.91 Å². The van der Waals surface area contributed by atoms with Crippen LogP contribution in [0.1, 0.15) is 32.9 Å². The lowest BCUT2D eigenvalue weighted by Gasteiger charge is -2.36. The molecule has 6 nitrogen and oxygen atoms in total. The zero-order chi connectivity index (χ0) is 27.4. The number of piperazine rings is 1. The van der Waals surface area contributed by atoms with Crippen LogP contribution in [0.15, 0.2) is 84.0 Å². The maximum absolute atomic E-state index is 12.7. The molecule has 0 unspecified atom stereocenters. The maximum Gasteiger partial charge on any atom is 0.271 e. The summed E-state index contributed by atoms with van der Waals surface area (Å²) in [6.45, 7) is 8.88. The van der Waals surface area contributed by atoms with Gasteiger partial charge < -0.3 is 9.47 Å². The van der Waals surface area contributed by atoms with E-state index in [4.69, 9.17) is 23.2 Å². The lowest BCUT2D eigenvalue weighted by molar-refractivity contribution is 0.0955. The van der Waals surface area contributed by atoms with Gasteiger partial charge in [0, 0.05) is 65.9 Å². The van der Waals surface area contributed by atoms with Crippen molar-refractivity contribution in [2.24, 2.45) is 5.10 Å². The zero-order valence-corrected chi connectivity index (χ0v) is 23.6. The first kappa shape index (κ1) is 27.0. The van der Waals surface area contributed by atoms with E-state index in [2.05, 4.69) is 50.7 Å². The number of benzene rings is 3. The number of halogens is 2. The van der Waals surface area contributed by atoms with Crippen molar-refractivity contribution in [2.45, 2.75) is 20.4 Å². The highest BCUT2D eigenvalue weighted by molar-refractivity contribution is 6.34. The highest BCUT2D eigenvalue weighted by Gasteiger charge is 2.17. The number of carbonyl (C=O) groups is 1. The smallest absolute Gasteiger partial charge is 0.271 e. The summed E-state index contributed by atoms with van der Waals surface area (Å²) in [5, 5.41) is 5.42. The lowest BCUT2D eigenvalue weighted by Crippen LogP contribution is -2.45. The fraction of sp³-hybridized carbons (Fsp3) is 0.226. The molecule has 0 saturated carbocycles. The average molecular weight is 561 g/mol. The number of carbonyl (C=O) groups excluding carboxylic acids is 1. The molecule has 0 bridgehead atoms. The molecular formula is C31H31Cl2N5O. The quantitative estimate of drug-likeness (QED) is 0.208. The Balaban J connectivity index is 1.16. The summed E-state index contributed by atoms with van der Waals surface area (Å²) in [4.78, 5) is 17.6. The number of hydrazone groups is 1. The number of rotatable bonds is 7. The van der Waals surface area contributed by atoms with E-state index < -0.39 is 0 Å². The first-order chi connectivity index (χ1) is 18.9. The van der Waals surface area contributed by atoms with Crippen LogP contribution in [0.2, 0.25) is 10.0 Å². The van der Waals surface area contributed by atoms with Crippen LogP contribution in [-0.4, -0.2) is 47.8 Å². The summed E-state index contributed by atoms with van der Waals surface area (Å²) in [6.07, 6.45) is 1.65. The summed E-state index contributed by atoms with van der Waals surface area (Å²) in [5.41, 5.74) is 9.31. The summed E-state index contributed by atoms with van der Waals surface area (Å²) in [5.74, 6) is -0.249. The number of amides is 1. The second-order valence-electron chi connectivity index (χ2n) is 9.75. The Kier molecular flexibility index (Phi) is 8.36. The molecule has 0 aliphatic carbocycles. The SMILES string of the molecule is Cc1cc(/C=N\NC(=O)c2ccc(CN3CCN(c4ccccc4)CC3)cc2)c(C)n1-c1cc(Cl)ccc1Cl. The van der Waals surface area contributed by atoms with Gasteiger partial charge in [-0.2, -0.15) is 5.10 Å². The predicted octanol–water partition coefficient (Wildman–Crippen LogP) is 6.49. The molecule has 1 N–H and O–H groups in total. The van der Waals surface area contributed by atoms with Crippen molar-refractivity contribution in [1.29, 1.82) is 0 Å². The molecule has 0 radical (unpaired) electrons. The third-order valence-electron chi connectivity index (χ3n) is 7.11. The number of hydrogen-bond acceptors (Lipinski definition) is 4. The molecule has 0 spiro atoms. The Bertz CT molecular complexity index is 1470. The number of aryl methyl sites for hydroxylation is 1. The van der Waals surface area contributed by atoms with Crippen molar-refractivity contribution >= 4 is 41.0 Å². The number of nitrogens with one attached hydrogen (secondary N) is 1. The lowest BCUT2D eigenvalue weighted by atomic mass is 10.1. The van der Waals surface area contributed by atoms with Crippen LogP contribution >= 0.6 is 23.2 Å². The molecule has 1 saturated heterocycles. The Morgan fingerprint density at radius 2 is 1.64 bits per heavy atom. The van der Waals surface area contributed by atoms with Gasteiger partial charge in [-0.05, 0) is 67.9 Å². The molecule has 1 fully saturated rings. The number of nitrogens with zero attached hydrogens (tertiary/aromatic N) is 4. The molecule has 1 aliphatic heterocycles. The first-order valence-electron chi connectivity index (χ1n) is 13.0. The van der Waals surface area contributed by atoms with Crippen molar-refractivity contribution < 1.29 is 4.79 Å². The van der Waals surface area contributed by atoms with Gasteiger partial charge in [-0.25, -0.2) is 5.43 Å². The van der Waals surface area contributed by atoms with E-state index in [0.29, 0.717) is 15.6 Å². The van der Waals surface area contributed by atoms with Gasteiger partial charge in [0.2, 0.25) is 0 Å². The summed E-state index contributed by atoms with van der Waals surface area (Å²) in [6, 6.07) is 25.7.